The van der Waals surface area contributed by atoms with E-state index in [1.54, 1.807) is 14.2 Å². The summed E-state index contributed by atoms with van der Waals surface area (Å²) in [7, 11) is 3.54. The van der Waals surface area contributed by atoms with E-state index in [2.05, 4.69) is 29.2 Å². The van der Waals surface area contributed by atoms with Gasteiger partial charge >= 0.3 is 0 Å². The number of benzene rings is 2. The number of nitrogens with zero attached hydrogens (tertiary/aromatic N) is 1. The second-order valence-corrected chi connectivity index (χ2v) is 11.1. The monoisotopic (exact) mass is 523 g/mol. The summed E-state index contributed by atoms with van der Waals surface area (Å²) in [5, 5.41) is 0. The number of alkyl halides is 1. The van der Waals surface area contributed by atoms with Gasteiger partial charge in [-0.3, -0.25) is 0 Å². The molecule has 0 saturated heterocycles. The summed E-state index contributed by atoms with van der Waals surface area (Å²) in [6.07, 6.45) is 11.7. The van der Waals surface area contributed by atoms with Crippen molar-refractivity contribution in [3.8, 4) is 23.0 Å². The summed E-state index contributed by atoms with van der Waals surface area (Å²) in [5.41, 5.74) is 8.17. The Labute approximate surface area is 225 Å². The fourth-order valence-corrected chi connectivity index (χ4v) is 7.28. The van der Waals surface area contributed by atoms with Gasteiger partial charge in [-0.1, -0.05) is 31.7 Å². The Balaban J connectivity index is 1.54. The van der Waals surface area contributed by atoms with Crippen LogP contribution in [0, 0.1) is 5.92 Å². The minimum atomic E-state index is 0.288. The molecule has 5 nitrogen and oxygen atoms in total. The number of ether oxygens (including phenoxy) is 4. The van der Waals surface area contributed by atoms with Crippen LogP contribution in [0.15, 0.2) is 24.3 Å². The van der Waals surface area contributed by atoms with Crippen molar-refractivity contribution in [1.82, 2.24) is 4.90 Å². The average molecular weight is 524 g/mol. The summed E-state index contributed by atoms with van der Waals surface area (Å²) < 4.78 is 23.5. The summed E-state index contributed by atoms with van der Waals surface area (Å²) in [4.78, 5) is 2.72. The Morgan fingerprint density at radius 1 is 0.946 bits per heavy atom. The molecule has 1 atom stereocenters. The Bertz CT molecular complexity index is 1190. The fraction of sp³-hybridized carbons (Fsp3) is 0.548. The third-order valence-electron chi connectivity index (χ3n) is 8.75. The Kier molecular flexibility index (Phi) is 7.16. The lowest BCUT2D eigenvalue weighted by atomic mass is 9.76. The van der Waals surface area contributed by atoms with Crippen molar-refractivity contribution in [1.29, 1.82) is 0 Å². The molecule has 3 heterocycles. The van der Waals surface area contributed by atoms with Gasteiger partial charge in [0.25, 0.3) is 0 Å². The first-order chi connectivity index (χ1) is 18.2. The molecule has 0 N–H and O–H groups in total. The standard InChI is InChI=1S/C31H38ClNO4/c1-34-25-13-12-22-23(11-5-3-4-8-15-32)30-24-18-27-26(36-19-37-27)17-21(24)14-16-33(30)29(20-9-6-7-10-20)28(22)31(25)35-2/h12-13,17-18,20,29H,3-11,14-16,19H2,1-2H3/t29-/m1/s1. The highest BCUT2D eigenvalue weighted by Crippen LogP contribution is 2.57. The molecule has 0 spiro atoms. The Hall–Kier alpha value is -2.53. The van der Waals surface area contributed by atoms with Crippen LogP contribution in [0.3, 0.4) is 0 Å². The third kappa shape index (κ3) is 4.33. The predicted molar refractivity (Wildman–Crippen MR) is 148 cm³/mol. The van der Waals surface area contributed by atoms with Gasteiger partial charge in [0.05, 0.1) is 20.3 Å². The molecule has 37 heavy (non-hydrogen) atoms. The van der Waals surface area contributed by atoms with Gasteiger partial charge in [-0.25, -0.2) is 0 Å². The average Bonchev–Trinajstić information content (AvgIpc) is 3.62. The summed E-state index contributed by atoms with van der Waals surface area (Å²) >= 11 is 5.97. The zero-order valence-corrected chi connectivity index (χ0v) is 22.9. The molecule has 198 valence electrons. The molecule has 2 aromatic carbocycles. The summed E-state index contributed by atoms with van der Waals surface area (Å²) in [5.74, 6) is 4.83. The van der Waals surface area contributed by atoms with Crippen LogP contribution < -0.4 is 18.9 Å². The van der Waals surface area contributed by atoms with Crippen LogP contribution in [0.5, 0.6) is 23.0 Å². The highest BCUT2D eigenvalue weighted by atomic mass is 35.5. The SMILES string of the molecule is COc1ccc2c(c1OC)[C@@H](C1CCCC1)N1CCc3cc4c(cc3C1=C2CCCCCCCl)OCO4. The molecule has 0 amide bonds. The van der Waals surface area contributed by atoms with Crippen molar-refractivity contribution in [3.63, 3.8) is 0 Å². The van der Waals surface area contributed by atoms with Crippen molar-refractivity contribution in [2.75, 3.05) is 33.4 Å². The van der Waals surface area contributed by atoms with Gasteiger partial charge in [0, 0.05) is 29.2 Å². The van der Waals surface area contributed by atoms with Gasteiger partial charge in [0.2, 0.25) is 6.79 Å². The number of allylic oxidation sites excluding steroid dienone is 1. The van der Waals surface area contributed by atoms with E-state index in [0.29, 0.717) is 12.7 Å². The largest absolute Gasteiger partial charge is 0.493 e. The van der Waals surface area contributed by atoms with Crippen LogP contribution in [-0.2, 0) is 6.42 Å². The second-order valence-electron chi connectivity index (χ2n) is 10.7. The number of fused-ring (bicyclic) bond motifs is 5. The molecule has 6 heteroatoms. The molecule has 4 aliphatic rings. The van der Waals surface area contributed by atoms with E-state index < -0.39 is 0 Å². The first-order valence-corrected chi connectivity index (χ1v) is 14.5. The van der Waals surface area contributed by atoms with E-state index in [9.17, 15) is 0 Å². The molecule has 3 aliphatic heterocycles. The van der Waals surface area contributed by atoms with E-state index in [1.165, 1.54) is 72.0 Å². The van der Waals surface area contributed by atoms with E-state index >= 15 is 0 Å². The number of unbranched alkanes of at least 4 members (excludes halogenated alkanes) is 3. The highest BCUT2D eigenvalue weighted by Gasteiger charge is 2.43. The van der Waals surface area contributed by atoms with Gasteiger partial charge in [0.15, 0.2) is 23.0 Å². The van der Waals surface area contributed by atoms with Crippen LogP contribution >= 0.6 is 11.6 Å². The zero-order valence-electron chi connectivity index (χ0n) is 22.1. The van der Waals surface area contributed by atoms with Crippen LogP contribution in [-0.4, -0.2) is 38.3 Å². The second kappa shape index (κ2) is 10.7. The normalized spacial score (nSPS) is 20.1. The van der Waals surface area contributed by atoms with Crippen LogP contribution in [0.2, 0.25) is 0 Å². The van der Waals surface area contributed by atoms with Gasteiger partial charge in [-0.15, -0.1) is 11.6 Å². The lowest BCUT2D eigenvalue weighted by Crippen LogP contribution is -2.40. The number of rotatable bonds is 9. The minimum absolute atomic E-state index is 0.288. The van der Waals surface area contributed by atoms with Crippen molar-refractivity contribution >= 4 is 22.9 Å². The molecule has 1 aliphatic carbocycles. The lowest BCUT2D eigenvalue weighted by Gasteiger charge is -2.48. The summed E-state index contributed by atoms with van der Waals surface area (Å²) in [6.45, 7) is 1.30. The van der Waals surface area contributed by atoms with Gasteiger partial charge in [-0.2, -0.15) is 0 Å². The smallest absolute Gasteiger partial charge is 0.231 e. The lowest BCUT2D eigenvalue weighted by molar-refractivity contribution is 0.174. The quantitative estimate of drug-likeness (QED) is 0.250. The molecule has 0 bridgehead atoms. The van der Waals surface area contributed by atoms with E-state index in [0.717, 1.165) is 61.1 Å². The molecule has 1 saturated carbocycles. The van der Waals surface area contributed by atoms with Crippen molar-refractivity contribution in [2.45, 2.75) is 70.3 Å². The Morgan fingerprint density at radius 3 is 2.49 bits per heavy atom. The maximum absolute atomic E-state index is 6.11. The van der Waals surface area contributed by atoms with Crippen molar-refractivity contribution in [2.24, 2.45) is 5.92 Å². The number of methoxy groups -OCH3 is 2. The molecular formula is C31H38ClNO4. The molecule has 0 unspecified atom stereocenters. The van der Waals surface area contributed by atoms with E-state index in [1.807, 2.05) is 0 Å². The van der Waals surface area contributed by atoms with Crippen LogP contribution in [0.25, 0.3) is 11.3 Å². The molecule has 2 aromatic rings. The minimum Gasteiger partial charge on any atom is -0.493 e. The fourth-order valence-electron chi connectivity index (χ4n) is 7.09. The number of hydrogen-bond donors (Lipinski definition) is 0. The maximum Gasteiger partial charge on any atom is 0.231 e. The zero-order chi connectivity index (χ0) is 25.4. The van der Waals surface area contributed by atoms with E-state index in [4.69, 9.17) is 30.5 Å². The maximum atomic E-state index is 6.11. The molecule has 0 aromatic heterocycles. The number of hydrogen-bond acceptors (Lipinski definition) is 5. The Morgan fingerprint density at radius 2 is 1.73 bits per heavy atom. The predicted octanol–water partition coefficient (Wildman–Crippen LogP) is 7.59. The van der Waals surface area contributed by atoms with Crippen molar-refractivity contribution < 1.29 is 18.9 Å². The van der Waals surface area contributed by atoms with Gasteiger partial charge in [0.1, 0.15) is 0 Å². The third-order valence-corrected chi connectivity index (χ3v) is 9.01. The van der Waals surface area contributed by atoms with Crippen molar-refractivity contribution in [3.05, 3.63) is 46.5 Å². The van der Waals surface area contributed by atoms with E-state index in [-0.39, 0.29) is 6.04 Å². The number of halogens is 1. The molecular weight excluding hydrogens is 486 g/mol. The van der Waals surface area contributed by atoms with Gasteiger partial charge in [-0.05, 0) is 79.3 Å². The van der Waals surface area contributed by atoms with Gasteiger partial charge < -0.3 is 23.8 Å². The van der Waals surface area contributed by atoms with Crippen LogP contribution in [0.1, 0.15) is 86.1 Å². The molecule has 1 fully saturated rings. The highest BCUT2D eigenvalue weighted by molar-refractivity contribution is 6.17. The summed E-state index contributed by atoms with van der Waals surface area (Å²) in [6, 6.07) is 9.13. The topological polar surface area (TPSA) is 40.2 Å². The van der Waals surface area contributed by atoms with Crippen LogP contribution in [0.4, 0.5) is 0 Å². The first kappa shape index (κ1) is 24.8. The molecule has 6 rings (SSSR count). The molecule has 0 radical (unpaired) electrons. The first-order valence-electron chi connectivity index (χ1n) is 14.0.